The summed E-state index contributed by atoms with van der Waals surface area (Å²) in [5.74, 6) is 0. The van der Waals surface area contributed by atoms with Gasteiger partial charge in [0.05, 0.1) is 22.2 Å². The van der Waals surface area contributed by atoms with E-state index < -0.39 is 0 Å². The van der Waals surface area contributed by atoms with Crippen molar-refractivity contribution in [1.82, 2.24) is 4.57 Å². The lowest BCUT2D eigenvalue weighted by molar-refractivity contribution is 0.00578. The van der Waals surface area contributed by atoms with Crippen molar-refractivity contribution in [2.24, 2.45) is 0 Å². The smallest absolute Gasteiger partial charge is 0.399 e. The summed E-state index contributed by atoms with van der Waals surface area (Å²) >= 11 is 1.86. The Hall–Kier alpha value is -3.12. The van der Waals surface area contributed by atoms with Gasteiger partial charge in [-0.3, -0.25) is 0 Å². The third kappa shape index (κ3) is 3.05. The summed E-state index contributed by atoms with van der Waals surface area (Å²) in [6.07, 6.45) is 0. The van der Waals surface area contributed by atoms with Crippen LogP contribution in [-0.2, 0) is 9.31 Å². The summed E-state index contributed by atoms with van der Waals surface area (Å²) in [4.78, 5) is 0. The van der Waals surface area contributed by atoms with Gasteiger partial charge in [0.15, 0.2) is 0 Å². The minimum absolute atomic E-state index is 0.369. The molecule has 1 aliphatic heterocycles. The Balaban J connectivity index is 1.53. The zero-order chi connectivity index (χ0) is 23.9. The van der Waals surface area contributed by atoms with E-state index in [1.54, 1.807) is 0 Å². The molecule has 7 rings (SSSR count). The van der Waals surface area contributed by atoms with E-state index in [-0.39, 0.29) is 18.3 Å². The molecule has 172 valence electrons. The van der Waals surface area contributed by atoms with E-state index in [4.69, 9.17) is 9.31 Å². The lowest BCUT2D eigenvalue weighted by atomic mass is 9.78. The fourth-order valence-corrected chi connectivity index (χ4v) is 6.36. The van der Waals surface area contributed by atoms with E-state index in [1.807, 2.05) is 11.3 Å². The fraction of sp³-hybridized carbons (Fsp3) is 0.200. The predicted octanol–water partition coefficient (Wildman–Crippen LogP) is 7.45. The Morgan fingerprint density at radius 3 is 2.09 bits per heavy atom. The Morgan fingerprint density at radius 1 is 0.629 bits per heavy atom. The maximum Gasteiger partial charge on any atom is 0.494 e. The van der Waals surface area contributed by atoms with Crippen molar-refractivity contribution in [3.05, 3.63) is 84.9 Å². The van der Waals surface area contributed by atoms with Crippen LogP contribution in [0.1, 0.15) is 27.7 Å². The summed E-state index contributed by atoms with van der Waals surface area (Å²) in [7, 11) is -0.384. The van der Waals surface area contributed by atoms with E-state index in [0.29, 0.717) is 0 Å². The minimum Gasteiger partial charge on any atom is -0.399 e. The third-order valence-corrected chi connectivity index (χ3v) is 8.96. The van der Waals surface area contributed by atoms with Crippen molar-refractivity contribution >= 4 is 65.9 Å². The summed E-state index contributed by atoms with van der Waals surface area (Å²) in [5, 5.41) is 5.09. The van der Waals surface area contributed by atoms with E-state index >= 15 is 0 Å². The normalized spacial score (nSPS) is 17.3. The number of fused-ring (bicyclic) bond motifs is 6. The van der Waals surface area contributed by atoms with Gasteiger partial charge in [-0.15, -0.1) is 11.3 Å². The molecule has 0 bridgehead atoms. The summed E-state index contributed by atoms with van der Waals surface area (Å²) < 4.78 is 17.8. The number of para-hydroxylation sites is 1. The van der Waals surface area contributed by atoms with Crippen molar-refractivity contribution in [2.75, 3.05) is 0 Å². The quantitative estimate of drug-likeness (QED) is 0.243. The van der Waals surface area contributed by atoms with Crippen LogP contribution in [0.3, 0.4) is 0 Å². The van der Waals surface area contributed by atoms with Crippen LogP contribution < -0.4 is 5.46 Å². The third-order valence-electron chi connectivity index (χ3n) is 7.83. The maximum absolute atomic E-state index is 6.39. The minimum atomic E-state index is -0.384. The molecule has 6 aromatic rings. The standard InChI is InChI=1S/C30H26BNO2S/c1-29(2)30(3,4)34-31(33-29)19-14-15-25-22(16-19)23-17-24-21-12-8-9-13-27(21)35-28(24)18-26(23)32(25)20-10-6-5-7-11-20/h5-18H,1-4H3. The maximum atomic E-state index is 6.39. The molecule has 5 heteroatoms. The highest BCUT2D eigenvalue weighted by Gasteiger charge is 2.51. The summed E-state index contributed by atoms with van der Waals surface area (Å²) in [6.45, 7) is 8.41. The number of nitrogens with zero attached hydrogens (tertiary/aromatic N) is 1. The highest BCUT2D eigenvalue weighted by Crippen LogP contribution is 2.41. The summed E-state index contributed by atoms with van der Waals surface area (Å²) in [6, 6.07) is 30.7. The summed E-state index contributed by atoms with van der Waals surface area (Å²) in [5.41, 5.74) is 3.89. The van der Waals surface area contributed by atoms with Gasteiger partial charge in [-0.2, -0.15) is 0 Å². The molecule has 35 heavy (non-hydrogen) atoms. The number of thiophene rings is 1. The molecule has 0 spiro atoms. The van der Waals surface area contributed by atoms with E-state index in [1.165, 1.54) is 42.0 Å². The van der Waals surface area contributed by atoms with Crippen LogP contribution in [-0.4, -0.2) is 22.9 Å². The van der Waals surface area contributed by atoms with Gasteiger partial charge in [-0.25, -0.2) is 0 Å². The lowest BCUT2D eigenvalue weighted by Crippen LogP contribution is -2.41. The zero-order valence-corrected chi connectivity index (χ0v) is 21.1. The second-order valence-electron chi connectivity index (χ2n) is 10.5. The van der Waals surface area contributed by atoms with Crippen molar-refractivity contribution in [1.29, 1.82) is 0 Å². The van der Waals surface area contributed by atoms with Gasteiger partial charge < -0.3 is 13.9 Å². The number of rotatable bonds is 2. The van der Waals surface area contributed by atoms with Gasteiger partial charge in [0.1, 0.15) is 0 Å². The van der Waals surface area contributed by atoms with Gasteiger partial charge in [0, 0.05) is 36.6 Å². The van der Waals surface area contributed by atoms with Gasteiger partial charge in [0.25, 0.3) is 0 Å². The first-order valence-electron chi connectivity index (χ1n) is 12.1. The predicted molar refractivity (Wildman–Crippen MR) is 149 cm³/mol. The first-order valence-corrected chi connectivity index (χ1v) is 12.9. The number of aromatic nitrogens is 1. The molecule has 1 aliphatic rings. The molecule has 0 amide bonds. The molecule has 4 aromatic carbocycles. The van der Waals surface area contributed by atoms with Crippen LogP contribution in [0.15, 0.2) is 84.9 Å². The SMILES string of the molecule is CC1(C)OB(c2ccc3c(c2)c2cc4c(cc2n3-c2ccccc2)sc2ccccc24)OC1(C)C. The zero-order valence-electron chi connectivity index (χ0n) is 20.3. The van der Waals surface area contributed by atoms with Gasteiger partial charge in [-0.1, -0.05) is 48.5 Å². The van der Waals surface area contributed by atoms with E-state index in [2.05, 4.69) is 117 Å². The largest absolute Gasteiger partial charge is 0.494 e. The molecule has 0 radical (unpaired) electrons. The molecule has 1 saturated heterocycles. The van der Waals surface area contributed by atoms with Gasteiger partial charge in [-0.05, 0) is 69.6 Å². The van der Waals surface area contributed by atoms with Crippen LogP contribution in [0, 0.1) is 0 Å². The molecular weight excluding hydrogens is 449 g/mol. The van der Waals surface area contributed by atoms with Crippen LogP contribution >= 0.6 is 11.3 Å². The number of hydrogen-bond acceptors (Lipinski definition) is 3. The fourth-order valence-electron chi connectivity index (χ4n) is 5.24. The van der Waals surface area contributed by atoms with Gasteiger partial charge in [0.2, 0.25) is 0 Å². The monoisotopic (exact) mass is 475 g/mol. The highest BCUT2D eigenvalue weighted by atomic mass is 32.1. The molecule has 0 unspecified atom stereocenters. The highest BCUT2D eigenvalue weighted by molar-refractivity contribution is 7.25. The Morgan fingerprint density at radius 2 is 1.31 bits per heavy atom. The van der Waals surface area contributed by atoms with Crippen LogP contribution in [0.2, 0.25) is 0 Å². The number of hydrogen-bond donors (Lipinski definition) is 0. The van der Waals surface area contributed by atoms with Crippen molar-refractivity contribution in [3.63, 3.8) is 0 Å². The molecule has 0 N–H and O–H groups in total. The van der Waals surface area contributed by atoms with Crippen LogP contribution in [0.5, 0.6) is 0 Å². The van der Waals surface area contributed by atoms with Crippen molar-refractivity contribution in [3.8, 4) is 5.69 Å². The lowest BCUT2D eigenvalue weighted by Gasteiger charge is -2.32. The molecule has 0 atom stereocenters. The van der Waals surface area contributed by atoms with Crippen molar-refractivity contribution in [2.45, 2.75) is 38.9 Å². The van der Waals surface area contributed by atoms with E-state index in [0.717, 1.165) is 11.2 Å². The second-order valence-corrected chi connectivity index (χ2v) is 11.6. The first kappa shape index (κ1) is 21.2. The number of benzene rings is 4. The topological polar surface area (TPSA) is 23.4 Å². The Labute approximate surface area is 209 Å². The van der Waals surface area contributed by atoms with Crippen LogP contribution in [0.25, 0.3) is 47.7 Å². The molecule has 3 heterocycles. The van der Waals surface area contributed by atoms with E-state index in [9.17, 15) is 0 Å². The first-order chi connectivity index (χ1) is 16.8. The molecule has 2 aromatic heterocycles. The molecule has 0 saturated carbocycles. The average molecular weight is 475 g/mol. The van der Waals surface area contributed by atoms with Gasteiger partial charge >= 0.3 is 7.12 Å². The molecular formula is C30H26BNO2S. The molecule has 0 aliphatic carbocycles. The second kappa shape index (κ2) is 7.20. The average Bonchev–Trinajstić information content (AvgIpc) is 3.44. The van der Waals surface area contributed by atoms with Crippen LogP contribution in [0.4, 0.5) is 0 Å². The Bertz CT molecular complexity index is 1750. The van der Waals surface area contributed by atoms with Crippen molar-refractivity contribution < 1.29 is 9.31 Å². The molecule has 1 fully saturated rings. The Kier molecular flexibility index (Phi) is 4.36. The molecule has 3 nitrogen and oxygen atoms in total.